The molecule has 0 unspecified atom stereocenters. The first-order chi connectivity index (χ1) is 13.7. The van der Waals surface area contributed by atoms with Gasteiger partial charge >= 0.3 is 6.18 Å². The quantitative estimate of drug-likeness (QED) is 0.759. The standard InChI is InChI=1S/C22H25F3N2O2/c1-2-18(28)27-13-20(14-27)10-15(11-20)19(29)26-12-21(7-4-8-21)16-5-3-6-17(9-16)22(23,24)25/h2-3,5-6,9,15H,1,4,7-8,10-14H2,(H,26,29). The SMILES string of the molecule is C=CC(=O)N1CC2(CC(C(=O)NCC3(c4cccc(C(F)(F)F)c4)CCC3)C2)C1. The predicted molar refractivity (Wildman–Crippen MR) is 102 cm³/mol. The Bertz CT molecular complexity index is 831. The zero-order chi connectivity index (χ0) is 20.9. The number of rotatable bonds is 5. The molecule has 1 aliphatic heterocycles. The van der Waals surface area contributed by atoms with Gasteiger partial charge in [0.2, 0.25) is 11.8 Å². The summed E-state index contributed by atoms with van der Waals surface area (Å²) in [5, 5.41) is 3.00. The first-order valence-electron chi connectivity index (χ1n) is 10.0. The third kappa shape index (κ3) is 3.55. The topological polar surface area (TPSA) is 49.4 Å². The van der Waals surface area contributed by atoms with Crippen molar-refractivity contribution in [1.82, 2.24) is 10.2 Å². The van der Waals surface area contributed by atoms with Crippen molar-refractivity contribution in [2.45, 2.75) is 43.7 Å². The number of nitrogens with one attached hydrogen (secondary N) is 1. The fraction of sp³-hybridized carbons (Fsp3) is 0.545. The van der Waals surface area contributed by atoms with Crippen molar-refractivity contribution in [3.8, 4) is 0 Å². The molecule has 2 amide bonds. The fourth-order valence-electron chi connectivity index (χ4n) is 5.07. The van der Waals surface area contributed by atoms with Crippen molar-refractivity contribution in [3.05, 3.63) is 48.0 Å². The van der Waals surface area contributed by atoms with Crippen LogP contribution in [0.25, 0.3) is 0 Å². The number of likely N-dealkylation sites (tertiary alicyclic amines) is 1. The summed E-state index contributed by atoms with van der Waals surface area (Å²) in [6.45, 7) is 5.21. The van der Waals surface area contributed by atoms with Gasteiger partial charge in [0.15, 0.2) is 0 Å². The second-order valence-corrected chi connectivity index (χ2v) is 8.93. The monoisotopic (exact) mass is 406 g/mol. The van der Waals surface area contributed by atoms with Crippen LogP contribution in [0.3, 0.4) is 0 Å². The molecule has 0 atom stereocenters. The van der Waals surface area contributed by atoms with E-state index in [0.29, 0.717) is 25.2 Å². The van der Waals surface area contributed by atoms with Gasteiger partial charge in [-0.1, -0.05) is 31.2 Å². The van der Waals surface area contributed by atoms with Gasteiger partial charge in [-0.05, 0) is 43.4 Å². The molecule has 0 aromatic heterocycles. The maximum absolute atomic E-state index is 13.1. The summed E-state index contributed by atoms with van der Waals surface area (Å²) in [4.78, 5) is 25.9. The van der Waals surface area contributed by atoms with E-state index in [1.807, 2.05) is 0 Å². The van der Waals surface area contributed by atoms with Crippen LogP contribution in [-0.4, -0.2) is 36.3 Å². The number of alkyl halides is 3. The fourth-order valence-corrected chi connectivity index (χ4v) is 5.07. The second kappa shape index (κ2) is 6.89. The minimum Gasteiger partial charge on any atom is -0.355 e. The third-order valence-corrected chi connectivity index (χ3v) is 6.98. The van der Waals surface area contributed by atoms with Crippen molar-refractivity contribution in [1.29, 1.82) is 0 Å². The highest BCUT2D eigenvalue weighted by molar-refractivity contribution is 5.88. The summed E-state index contributed by atoms with van der Waals surface area (Å²) in [5.41, 5.74) is -0.323. The van der Waals surface area contributed by atoms with Crippen LogP contribution in [0.4, 0.5) is 13.2 Å². The summed E-state index contributed by atoms with van der Waals surface area (Å²) in [7, 11) is 0. The predicted octanol–water partition coefficient (Wildman–Crippen LogP) is 3.67. The van der Waals surface area contributed by atoms with E-state index in [1.54, 1.807) is 11.0 Å². The lowest BCUT2D eigenvalue weighted by molar-refractivity contribution is -0.156. The van der Waals surface area contributed by atoms with Gasteiger partial charge in [0, 0.05) is 36.4 Å². The molecule has 2 saturated carbocycles. The molecule has 7 heteroatoms. The van der Waals surface area contributed by atoms with E-state index in [-0.39, 0.29) is 23.1 Å². The summed E-state index contributed by atoms with van der Waals surface area (Å²) < 4.78 is 39.2. The summed E-state index contributed by atoms with van der Waals surface area (Å²) in [5.74, 6) is -0.173. The van der Waals surface area contributed by atoms with Crippen LogP contribution in [-0.2, 0) is 21.2 Å². The van der Waals surface area contributed by atoms with Crippen LogP contribution in [0.2, 0.25) is 0 Å². The van der Waals surface area contributed by atoms with Crippen molar-refractivity contribution >= 4 is 11.8 Å². The molecule has 156 valence electrons. The second-order valence-electron chi connectivity index (χ2n) is 8.93. The number of hydrogen-bond donors (Lipinski definition) is 1. The number of hydrogen-bond acceptors (Lipinski definition) is 2. The molecule has 2 aliphatic carbocycles. The van der Waals surface area contributed by atoms with Crippen molar-refractivity contribution in [2.24, 2.45) is 11.3 Å². The molecule has 1 N–H and O–H groups in total. The number of nitrogens with zero attached hydrogens (tertiary/aromatic N) is 1. The summed E-state index contributed by atoms with van der Waals surface area (Å²) in [6.07, 6.45) is 0.970. The number of halogens is 3. The molecule has 4 rings (SSSR count). The van der Waals surface area contributed by atoms with Gasteiger partial charge in [0.1, 0.15) is 0 Å². The Morgan fingerprint density at radius 1 is 1.24 bits per heavy atom. The largest absolute Gasteiger partial charge is 0.416 e. The molecule has 1 aromatic carbocycles. The Kier molecular flexibility index (Phi) is 4.74. The van der Waals surface area contributed by atoms with E-state index in [4.69, 9.17) is 0 Å². The molecular weight excluding hydrogens is 381 g/mol. The number of benzene rings is 1. The van der Waals surface area contributed by atoms with Gasteiger partial charge in [-0.3, -0.25) is 9.59 Å². The number of carbonyl (C=O) groups is 2. The van der Waals surface area contributed by atoms with E-state index in [1.165, 1.54) is 18.2 Å². The lowest BCUT2D eigenvalue weighted by Crippen LogP contribution is -2.65. The van der Waals surface area contributed by atoms with Crippen LogP contribution in [0.1, 0.15) is 43.2 Å². The molecule has 1 spiro atoms. The third-order valence-electron chi connectivity index (χ3n) is 6.98. The Balaban J connectivity index is 1.33. The molecule has 1 aromatic rings. The maximum Gasteiger partial charge on any atom is 0.416 e. The molecular formula is C22H25F3N2O2. The van der Waals surface area contributed by atoms with Crippen molar-refractivity contribution in [3.63, 3.8) is 0 Å². The Hall–Kier alpha value is -2.31. The van der Waals surface area contributed by atoms with Crippen LogP contribution in [0.5, 0.6) is 0 Å². The molecule has 0 bridgehead atoms. The van der Waals surface area contributed by atoms with Crippen LogP contribution in [0, 0.1) is 11.3 Å². The van der Waals surface area contributed by atoms with Crippen LogP contribution in [0.15, 0.2) is 36.9 Å². The summed E-state index contributed by atoms with van der Waals surface area (Å²) in [6, 6.07) is 5.49. The average molecular weight is 406 g/mol. The molecule has 1 heterocycles. The molecule has 3 aliphatic rings. The van der Waals surface area contributed by atoms with Crippen LogP contribution >= 0.6 is 0 Å². The summed E-state index contributed by atoms with van der Waals surface area (Å²) >= 11 is 0. The highest BCUT2D eigenvalue weighted by Gasteiger charge is 2.55. The molecule has 3 fully saturated rings. The van der Waals surface area contributed by atoms with Gasteiger partial charge in [0.25, 0.3) is 0 Å². The van der Waals surface area contributed by atoms with E-state index >= 15 is 0 Å². The molecule has 1 saturated heterocycles. The molecule has 4 nitrogen and oxygen atoms in total. The van der Waals surface area contributed by atoms with E-state index in [0.717, 1.165) is 38.2 Å². The van der Waals surface area contributed by atoms with Gasteiger partial charge in [-0.25, -0.2) is 0 Å². The highest BCUT2D eigenvalue weighted by atomic mass is 19.4. The highest BCUT2D eigenvalue weighted by Crippen LogP contribution is 2.52. The zero-order valence-electron chi connectivity index (χ0n) is 16.2. The van der Waals surface area contributed by atoms with Crippen molar-refractivity contribution < 1.29 is 22.8 Å². The van der Waals surface area contributed by atoms with E-state index < -0.39 is 17.2 Å². The van der Waals surface area contributed by atoms with Crippen LogP contribution < -0.4 is 5.32 Å². The zero-order valence-corrected chi connectivity index (χ0v) is 16.2. The van der Waals surface area contributed by atoms with Gasteiger partial charge in [-0.15, -0.1) is 0 Å². The molecule has 0 radical (unpaired) electrons. The number of amides is 2. The maximum atomic E-state index is 13.1. The van der Waals surface area contributed by atoms with E-state index in [9.17, 15) is 22.8 Å². The Morgan fingerprint density at radius 2 is 1.93 bits per heavy atom. The number of carbonyl (C=O) groups excluding carboxylic acids is 2. The minimum atomic E-state index is -4.37. The van der Waals surface area contributed by atoms with E-state index in [2.05, 4.69) is 11.9 Å². The Morgan fingerprint density at radius 3 is 2.48 bits per heavy atom. The van der Waals surface area contributed by atoms with Gasteiger partial charge in [-0.2, -0.15) is 13.2 Å². The van der Waals surface area contributed by atoms with Crippen molar-refractivity contribution in [2.75, 3.05) is 19.6 Å². The lowest BCUT2D eigenvalue weighted by Gasteiger charge is -2.58. The first-order valence-corrected chi connectivity index (χ1v) is 10.0. The minimum absolute atomic E-state index is 0.0256. The first kappa shape index (κ1) is 20.0. The normalized spacial score (nSPS) is 22.2. The lowest BCUT2D eigenvalue weighted by atomic mass is 9.57. The average Bonchev–Trinajstić information content (AvgIpc) is 2.57. The Labute approximate surface area is 168 Å². The van der Waals surface area contributed by atoms with Gasteiger partial charge < -0.3 is 10.2 Å². The van der Waals surface area contributed by atoms with Gasteiger partial charge in [0.05, 0.1) is 5.56 Å². The molecule has 29 heavy (non-hydrogen) atoms. The smallest absolute Gasteiger partial charge is 0.355 e.